The molecule has 0 aliphatic carbocycles. The van der Waals surface area contributed by atoms with E-state index in [9.17, 15) is 28.8 Å². The predicted molar refractivity (Wildman–Crippen MR) is 166 cm³/mol. The van der Waals surface area contributed by atoms with Gasteiger partial charge in [-0.05, 0) is 38.8 Å². The number of terminal acetylenes is 1. The zero-order valence-corrected chi connectivity index (χ0v) is 26.1. The van der Waals surface area contributed by atoms with Crippen molar-refractivity contribution in [2.24, 2.45) is 5.41 Å². The summed E-state index contributed by atoms with van der Waals surface area (Å²) in [4.78, 5) is 81.6. The topological polar surface area (TPSA) is 157 Å². The molecular weight excluding hydrogens is 564 g/mol. The van der Waals surface area contributed by atoms with Crippen LogP contribution in [-0.2, 0) is 19.2 Å². The van der Waals surface area contributed by atoms with Crippen molar-refractivity contribution in [3.63, 3.8) is 0 Å². The van der Waals surface area contributed by atoms with Crippen LogP contribution in [0.2, 0.25) is 0 Å². The second-order valence-electron chi connectivity index (χ2n) is 11.9. The molecule has 238 valence electrons. The minimum absolute atomic E-state index is 0.0460. The normalized spacial score (nSPS) is 16.6. The van der Waals surface area contributed by atoms with Crippen molar-refractivity contribution in [3.05, 3.63) is 48.6 Å². The number of Topliss-reactive ketones (excluding diaryl/α,β-unsaturated/α-hetero) is 2. The van der Waals surface area contributed by atoms with Gasteiger partial charge in [-0.15, -0.1) is 18.9 Å². The Morgan fingerprint density at radius 2 is 1.75 bits per heavy atom. The molecule has 12 heteroatoms. The quantitative estimate of drug-likeness (QED) is 0.0814. The van der Waals surface area contributed by atoms with Crippen molar-refractivity contribution in [1.29, 1.82) is 0 Å². The van der Waals surface area contributed by atoms with Gasteiger partial charge in [-0.1, -0.05) is 57.2 Å². The van der Waals surface area contributed by atoms with E-state index in [1.54, 1.807) is 70.1 Å². The van der Waals surface area contributed by atoms with Crippen LogP contribution >= 0.6 is 0 Å². The summed E-state index contributed by atoms with van der Waals surface area (Å²) in [6, 6.07) is 4.64. The van der Waals surface area contributed by atoms with Crippen LogP contribution in [0.15, 0.2) is 43.0 Å². The number of hydrogen-bond acceptors (Lipinski definition) is 7. The second-order valence-corrected chi connectivity index (χ2v) is 11.9. The Kier molecular flexibility index (Phi) is 13.3. The molecule has 5 amide bonds. The summed E-state index contributed by atoms with van der Waals surface area (Å²) in [7, 11) is 3.30. The molecule has 1 fully saturated rings. The average Bonchev–Trinajstić information content (AvgIpc) is 3.48. The molecule has 12 nitrogen and oxygen atoms in total. The number of likely N-dealkylation sites (tertiary alicyclic amines) is 1. The van der Waals surface area contributed by atoms with E-state index in [1.807, 2.05) is 0 Å². The monoisotopic (exact) mass is 608 g/mol. The largest absolute Gasteiger partial charge is 0.346 e. The first kappa shape index (κ1) is 35.7. The summed E-state index contributed by atoms with van der Waals surface area (Å²) in [5, 5.41) is 10.4. The highest BCUT2D eigenvalue weighted by Crippen LogP contribution is 2.26. The Bertz CT molecular complexity index is 1270. The third-order valence-electron chi connectivity index (χ3n) is 7.16. The number of nitrogens with zero attached hydrogens (tertiary/aromatic N) is 2. The third-order valence-corrected chi connectivity index (χ3v) is 7.16. The molecule has 1 aromatic rings. The summed E-state index contributed by atoms with van der Waals surface area (Å²) < 4.78 is 0. The molecule has 0 radical (unpaired) electrons. The van der Waals surface area contributed by atoms with Gasteiger partial charge in [-0.3, -0.25) is 28.9 Å². The maximum Gasteiger partial charge on any atom is 0.317 e. The zero-order chi connectivity index (χ0) is 33.0. The molecule has 1 aliphatic rings. The van der Waals surface area contributed by atoms with Crippen LogP contribution in [0.3, 0.4) is 0 Å². The molecule has 0 aromatic heterocycles. The maximum atomic E-state index is 13.9. The molecule has 4 unspecified atom stereocenters. The van der Waals surface area contributed by atoms with Gasteiger partial charge in [0.1, 0.15) is 18.2 Å². The fourth-order valence-corrected chi connectivity index (χ4v) is 4.78. The van der Waals surface area contributed by atoms with E-state index in [2.05, 4.69) is 33.8 Å². The van der Waals surface area contributed by atoms with Gasteiger partial charge >= 0.3 is 6.03 Å². The number of benzene rings is 1. The molecule has 4 N–H and O–H groups in total. The highest BCUT2D eigenvalue weighted by molar-refractivity contribution is 6.38. The van der Waals surface area contributed by atoms with Crippen molar-refractivity contribution in [2.75, 3.05) is 27.2 Å². The SMILES string of the molecule is C#CCCC(NC(=O)C1CCCN1C(=O)C(NC(=O)NC(C(=O)c1ccccc1)N(C)C)C(C)(C)C)C(=O)C(=O)NCC=C. The maximum absolute atomic E-state index is 13.9. The Labute approximate surface area is 259 Å². The van der Waals surface area contributed by atoms with Crippen LogP contribution in [-0.4, -0.2) is 96.6 Å². The average molecular weight is 609 g/mol. The van der Waals surface area contributed by atoms with E-state index in [1.165, 1.54) is 11.0 Å². The van der Waals surface area contributed by atoms with Crippen molar-refractivity contribution < 1.29 is 28.8 Å². The highest BCUT2D eigenvalue weighted by Gasteiger charge is 2.43. The predicted octanol–water partition coefficient (Wildman–Crippen LogP) is 1.23. The number of amides is 5. The number of urea groups is 1. The number of carbonyl (C=O) groups excluding carboxylic acids is 6. The molecule has 1 aliphatic heterocycles. The number of ketones is 2. The molecular formula is C32H44N6O6. The van der Waals surface area contributed by atoms with Gasteiger partial charge in [0, 0.05) is 25.1 Å². The first-order chi connectivity index (χ1) is 20.7. The van der Waals surface area contributed by atoms with Gasteiger partial charge in [0.25, 0.3) is 5.91 Å². The lowest BCUT2D eigenvalue weighted by molar-refractivity contribution is -0.143. The zero-order valence-electron chi connectivity index (χ0n) is 26.1. The molecule has 1 saturated heterocycles. The van der Waals surface area contributed by atoms with Gasteiger partial charge in [-0.2, -0.15) is 0 Å². The van der Waals surface area contributed by atoms with Crippen molar-refractivity contribution >= 4 is 35.3 Å². The lowest BCUT2D eigenvalue weighted by Crippen LogP contribution is -2.61. The minimum Gasteiger partial charge on any atom is -0.346 e. The van der Waals surface area contributed by atoms with Crippen molar-refractivity contribution in [2.45, 2.75) is 70.7 Å². The molecule has 0 bridgehead atoms. The summed E-state index contributed by atoms with van der Waals surface area (Å²) >= 11 is 0. The van der Waals surface area contributed by atoms with Crippen LogP contribution in [0.25, 0.3) is 0 Å². The first-order valence-corrected chi connectivity index (χ1v) is 14.5. The van der Waals surface area contributed by atoms with Gasteiger partial charge in [0.2, 0.25) is 17.6 Å². The van der Waals surface area contributed by atoms with Crippen LogP contribution in [0, 0.1) is 17.8 Å². The van der Waals surface area contributed by atoms with Crippen LogP contribution in [0.4, 0.5) is 4.79 Å². The lowest BCUT2D eigenvalue weighted by Gasteiger charge is -2.36. The second kappa shape index (κ2) is 16.4. The third kappa shape index (κ3) is 9.77. The lowest BCUT2D eigenvalue weighted by atomic mass is 9.85. The summed E-state index contributed by atoms with van der Waals surface area (Å²) in [6.45, 7) is 9.15. The molecule has 1 heterocycles. The fraction of sp³-hybridized carbons (Fsp3) is 0.500. The number of likely N-dealkylation sites (N-methyl/N-ethyl adjacent to an activating group) is 1. The van der Waals surface area contributed by atoms with E-state index in [4.69, 9.17) is 6.42 Å². The number of nitrogens with one attached hydrogen (secondary N) is 4. The molecule has 0 spiro atoms. The summed E-state index contributed by atoms with van der Waals surface area (Å²) in [6.07, 6.45) is 6.81. The van der Waals surface area contributed by atoms with E-state index >= 15 is 0 Å². The fourth-order valence-electron chi connectivity index (χ4n) is 4.78. The smallest absolute Gasteiger partial charge is 0.317 e. The Hall–Kier alpha value is -4.50. The van der Waals surface area contributed by atoms with Crippen molar-refractivity contribution in [1.82, 2.24) is 31.1 Å². The van der Waals surface area contributed by atoms with Gasteiger partial charge in [-0.25, -0.2) is 4.79 Å². The molecule has 0 saturated carbocycles. The molecule has 1 aromatic carbocycles. The first-order valence-electron chi connectivity index (χ1n) is 14.5. The molecule has 2 rings (SSSR count). The standard InChI is InChI=1S/C32H44N6O6/c1-8-10-17-22(25(40)29(42)33-19-9-2)34-28(41)23-18-14-20-38(23)30(43)26(32(3,4)5)35-31(44)36-27(37(6)7)24(39)21-15-12-11-13-16-21/h1,9,11-13,15-16,22-23,26-27H,2,10,14,17-20H2,3-7H3,(H,33,42)(H,34,41)(H2,35,36,44). The van der Waals surface area contributed by atoms with Gasteiger partial charge in [0.05, 0.1) is 6.04 Å². The van der Waals surface area contributed by atoms with Crippen LogP contribution in [0.1, 0.15) is 56.8 Å². The summed E-state index contributed by atoms with van der Waals surface area (Å²) in [5.41, 5.74) is -0.359. The van der Waals surface area contributed by atoms with Crippen LogP contribution < -0.4 is 21.3 Å². The Morgan fingerprint density at radius 3 is 2.32 bits per heavy atom. The number of rotatable bonds is 14. The van der Waals surface area contributed by atoms with Gasteiger partial charge in [0.15, 0.2) is 5.78 Å². The number of hydrogen-bond donors (Lipinski definition) is 4. The van der Waals surface area contributed by atoms with Gasteiger partial charge < -0.3 is 26.2 Å². The van der Waals surface area contributed by atoms with E-state index in [-0.39, 0.29) is 31.7 Å². The molecule has 4 atom stereocenters. The Morgan fingerprint density at radius 1 is 1.09 bits per heavy atom. The van der Waals surface area contributed by atoms with E-state index < -0.39 is 59.2 Å². The minimum atomic E-state index is -1.17. The number of carbonyl (C=O) groups is 6. The van der Waals surface area contributed by atoms with E-state index in [0.29, 0.717) is 18.4 Å². The van der Waals surface area contributed by atoms with Crippen LogP contribution in [0.5, 0.6) is 0 Å². The molecule has 44 heavy (non-hydrogen) atoms. The summed E-state index contributed by atoms with van der Waals surface area (Å²) in [5.74, 6) is -0.735. The Balaban J connectivity index is 2.21. The van der Waals surface area contributed by atoms with E-state index in [0.717, 1.165) is 0 Å². The van der Waals surface area contributed by atoms with Crippen molar-refractivity contribution in [3.8, 4) is 12.3 Å². The highest BCUT2D eigenvalue weighted by atomic mass is 16.2.